The van der Waals surface area contributed by atoms with Crippen LogP contribution in [0.1, 0.15) is 130 Å². The number of ether oxygens (including phenoxy) is 7. The van der Waals surface area contributed by atoms with Gasteiger partial charge in [0.2, 0.25) is 0 Å². The highest BCUT2D eigenvalue weighted by Crippen LogP contribution is 2.15. The van der Waals surface area contributed by atoms with Crippen LogP contribution in [0, 0.1) is 0 Å². The molecular weight excluding hydrogens is 905 g/mol. The second-order valence-electron chi connectivity index (χ2n) is 21.5. The third-order valence-corrected chi connectivity index (χ3v) is 7.40. The van der Waals surface area contributed by atoms with Gasteiger partial charge in [0.15, 0.2) is 0 Å². The molecule has 22 heteroatoms. The molecule has 0 spiro atoms. The van der Waals surface area contributed by atoms with E-state index in [2.05, 4.69) is 21.3 Å². The number of hydrogen-bond donors (Lipinski definition) is 5. The van der Waals surface area contributed by atoms with Crippen LogP contribution >= 0.6 is 0 Å². The molecule has 0 aliphatic carbocycles. The van der Waals surface area contributed by atoms with Gasteiger partial charge in [0.1, 0.15) is 52.3 Å². The fraction of sp³-hybridized carbons (Fsp3) is 0.702. The average molecular weight is 985 g/mol. The zero-order chi connectivity index (χ0) is 53.8. The van der Waals surface area contributed by atoms with E-state index in [4.69, 9.17) is 33.2 Å². The van der Waals surface area contributed by atoms with Crippen LogP contribution in [0.3, 0.4) is 0 Å². The van der Waals surface area contributed by atoms with Crippen LogP contribution in [0.15, 0.2) is 30.3 Å². The fourth-order valence-corrected chi connectivity index (χ4v) is 4.92. The zero-order valence-corrected chi connectivity index (χ0v) is 44.0. The Balaban J connectivity index is 0.00000137. The van der Waals surface area contributed by atoms with Gasteiger partial charge in [-0.05, 0) is 130 Å². The van der Waals surface area contributed by atoms with Crippen molar-refractivity contribution in [1.29, 1.82) is 0 Å². The third-order valence-electron chi connectivity index (χ3n) is 7.40. The van der Waals surface area contributed by atoms with E-state index in [1.807, 2.05) is 18.2 Å². The van der Waals surface area contributed by atoms with Gasteiger partial charge >= 0.3 is 48.5 Å². The predicted molar refractivity (Wildman–Crippen MR) is 254 cm³/mol. The highest BCUT2D eigenvalue weighted by Gasteiger charge is 2.33. The quantitative estimate of drug-likeness (QED) is 0.0815. The van der Waals surface area contributed by atoms with Gasteiger partial charge in [-0.1, -0.05) is 30.3 Å². The lowest BCUT2D eigenvalue weighted by Crippen LogP contribution is -2.53. The number of benzene rings is 1. The van der Waals surface area contributed by atoms with E-state index in [9.17, 15) is 43.5 Å². The number of amides is 6. The monoisotopic (exact) mass is 985 g/mol. The number of esters is 1. The Hall–Kier alpha value is -6.22. The van der Waals surface area contributed by atoms with E-state index in [1.54, 1.807) is 137 Å². The van der Waals surface area contributed by atoms with E-state index in [0.717, 1.165) is 10.5 Å². The molecule has 1 rings (SSSR count). The molecule has 0 saturated carbocycles. The van der Waals surface area contributed by atoms with Crippen LogP contribution in [0.5, 0.6) is 0 Å². The molecular formula is C47H80N6O16. The molecule has 5 N–H and O–H groups in total. The fourth-order valence-electron chi connectivity index (χ4n) is 4.92. The Morgan fingerprint density at radius 1 is 0.478 bits per heavy atom. The number of carbonyl (C=O) groups excluding carboxylic acids is 7. The van der Waals surface area contributed by atoms with Gasteiger partial charge in [0, 0.05) is 26.2 Å². The maximum absolute atomic E-state index is 13.0. The number of carboxylic acids is 1. The predicted octanol–water partition coefficient (Wildman–Crippen LogP) is 7.11. The summed E-state index contributed by atoms with van der Waals surface area (Å²) in [5, 5.41) is 19.3. The lowest BCUT2D eigenvalue weighted by atomic mass is 10.2. The second kappa shape index (κ2) is 27.1. The number of aliphatic carboxylic acids is 1. The van der Waals surface area contributed by atoms with Crippen molar-refractivity contribution >= 4 is 48.5 Å². The largest absolute Gasteiger partial charge is 0.480 e. The Labute approximate surface area is 407 Å². The first-order chi connectivity index (χ1) is 31.1. The Kier molecular flexibility index (Phi) is 24.7. The first kappa shape index (κ1) is 62.8. The lowest BCUT2D eigenvalue weighted by molar-refractivity contribution is -0.148. The molecule has 22 nitrogen and oxygen atoms in total. The van der Waals surface area contributed by atoms with Crippen molar-refractivity contribution in [2.45, 2.75) is 177 Å². The summed E-state index contributed by atoms with van der Waals surface area (Å²) < 4.78 is 36.9. The Morgan fingerprint density at radius 2 is 0.797 bits per heavy atom. The minimum Gasteiger partial charge on any atom is -0.480 e. The molecule has 0 radical (unpaired) electrons. The second-order valence-corrected chi connectivity index (χ2v) is 21.5. The van der Waals surface area contributed by atoms with Gasteiger partial charge in [-0.2, -0.15) is 0 Å². The minimum absolute atomic E-state index is 0.00633. The average Bonchev–Trinajstić information content (AvgIpc) is 3.11. The molecule has 6 amide bonds. The highest BCUT2D eigenvalue weighted by molar-refractivity contribution is 5.83. The van der Waals surface area contributed by atoms with Crippen LogP contribution in [-0.4, -0.2) is 148 Å². The Bertz CT molecular complexity index is 1840. The number of carbonyl (C=O) groups is 8. The SMILES string of the molecule is CC(C)(C)OC(=O)NCCN(CC(NC(=O)OC(C)(C)C)C(=O)O)C(=O)OC(C)(C)C.CC(C)(C)OC(=O)NCCN(CC(NC(=O)OC(C)(C)C)C(=O)OCc1ccccc1)C(=O)OC(C)(C)C. The minimum atomic E-state index is -1.45. The first-order valence-electron chi connectivity index (χ1n) is 22.5. The topological polar surface area (TPSA) is 276 Å². The van der Waals surface area contributed by atoms with E-state index in [0.29, 0.717) is 0 Å². The van der Waals surface area contributed by atoms with Gasteiger partial charge in [-0.3, -0.25) is 0 Å². The van der Waals surface area contributed by atoms with E-state index >= 15 is 0 Å². The van der Waals surface area contributed by atoms with E-state index in [1.165, 1.54) is 4.90 Å². The van der Waals surface area contributed by atoms with Crippen molar-refractivity contribution in [3.8, 4) is 0 Å². The van der Waals surface area contributed by atoms with Crippen molar-refractivity contribution in [2.75, 3.05) is 39.3 Å². The summed E-state index contributed by atoms with van der Waals surface area (Å²) >= 11 is 0. The summed E-state index contributed by atoms with van der Waals surface area (Å²) in [6.07, 6.45) is -4.66. The first-order valence-corrected chi connectivity index (χ1v) is 22.5. The van der Waals surface area contributed by atoms with Crippen LogP contribution in [0.2, 0.25) is 0 Å². The molecule has 1 aromatic carbocycles. The molecule has 0 aromatic heterocycles. The number of alkyl carbamates (subject to hydrolysis) is 4. The van der Waals surface area contributed by atoms with Crippen LogP contribution in [0.25, 0.3) is 0 Å². The number of rotatable bonds is 16. The molecule has 69 heavy (non-hydrogen) atoms. The number of hydrogen-bond acceptors (Lipinski definition) is 15. The molecule has 2 atom stereocenters. The normalized spacial score (nSPS) is 12.7. The summed E-state index contributed by atoms with van der Waals surface area (Å²) in [7, 11) is 0. The number of nitrogens with zero attached hydrogens (tertiary/aromatic N) is 2. The molecule has 1 aromatic rings. The molecule has 0 heterocycles. The molecule has 0 saturated heterocycles. The van der Waals surface area contributed by atoms with Crippen LogP contribution in [0.4, 0.5) is 28.8 Å². The molecule has 0 aliphatic heterocycles. The maximum atomic E-state index is 13.0. The van der Waals surface area contributed by atoms with Crippen molar-refractivity contribution in [3.63, 3.8) is 0 Å². The van der Waals surface area contributed by atoms with Crippen LogP contribution in [-0.2, 0) is 49.4 Å². The van der Waals surface area contributed by atoms with Crippen molar-refractivity contribution in [3.05, 3.63) is 35.9 Å². The van der Waals surface area contributed by atoms with Crippen molar-refractivity contribution < 1.29 is 76.6 Å². The van der Waals surface area contributed by atoms with Gasteiger partial charge in [0.25, 0.3) is 0 Å². The third kappa shape index (κ3) is 33.8. The summed E-state index contributed by atoms with van der Waals surface area (Å²) in [6, 6.07) is 6.30. The highest BCUT2D eigenvalue weighted by atomic mass is 16.6. The summed E-state index contributed by atoms with van der Waals surface area (Å²) in [5.41, 5.74) is -3.93. The van der Waals surface area contributed by atoms with Crippen LogP contribution < -0.4 is 21.3 Å². The molecule has 0 bridgehead atoms. The number of carboxylic acid groups (broad SMARTS) is 1. The summed E-state index contributed by atoms with van der Waals surface area (Å²) in [6.45, 7) is 29.5. The summed E-state index contributed by atoms with van der Waals surface area (Å²) in [5.74, 6) is -2.13. The van der Waals surface area contributed by atoms with E-state index < -0.39 is 101 Å². The smallest absolute Gasteiger partial charge is 0.410 e. The lowest BCUT2D eigenvalue weighted by Gasteiger charge is -2.30. The van der Waals surface area contributed by atoms with Crippen molar-refractivity contribution in [1.82, 2.24) is 31.1 Å². The van der Waals surface area contributed by atoms with E-state index in [-0.39, 0.29) is 39.3 Å². The van der Waals surface area contributed by atoms with Gasteiger partial charge in [-0.25, -0.2) is 38.4 Å². The molecule has 0 fully saturated rings. The van der Waals surface area contributed by atoms with Gasteiger partial charge in [0.05, 0.1) is 13.1 Å². The molecule has 0 aliphatic rings. The van der Waals surface area contributed by atoms with Crippen molar-refractivity contribution in [2.24, 2.45) is 0 Å². The summed E-state index contributed by atoms with van der Waals surface area (Å²) in [4.78, 5) is 101. The standard InChI is InChI=1S/C27H43N3O8.C20H37N3O8/c1-25(2,3)36-22(32)28-15-16-30(24(34)38-27(7,8)9)17-20(29-23(33)37-26(4,5)6)21(31)35-18-19-13-11-10-12-14-19;1-18(2,3)29-15(26)21-10-11-23(17(28)31-20(7,8)9)12-13(14(24)25)22-16(27)30-19(4,5)6/h10-14,20H,15-18H2,1-9H3,(H,28,32)(H,29,33);13H,10-12H2,1-9H3,(H,21,26)(H,22,27)(H,24,25). The maximum Gasteiger partial charge on any atom is 0.410 e. The molecule has 394 valence electrons. The zero-order valence-electron chi connectivity index (χ0n) is 44.0. The Morgan fingerprint density at radius 3 is 1.13 bits per heavy atom. The van der Waals surface area contributed by atoms with Gasteiger partial charge in [-0.15, -0.1) is 0 Å². The van der Waals surface area contributed by atoms with Gasteiger partial charge < -0.3 is 69.3 Å². The number of nitrogens with one attached hydrogen (secondary N) is 4. The molecule has 2 unspecified atom stereocenters.